The van der Waals surface area contributed by atoms with Gasteiger partial charge in [0.1, 0.15) is 5.82 Å². The van der Waals surface area contributed by atoms with Crippen molar-refractivity contribution in [2.75, 3.05) is 18.0 Å². The quantitative estimate of drug-likeness (QED) is 0.746. The fourth-order valence-electron chi connectivity index (χ4n) is 1.55. The molecular weight excluding hydrogens is 235 g/mol. The molecule has 1 fully saturated rings. The van der Waals surface area contributed by atoms with Crippen molar-refractivity contribution in [1.29, 1.82) is 0 Å². The van der Waals surface area contributed by atoms with Crippen molar-refractivity contribution in [3.05, 3.63) is 29.0 Å². The van der Waals surface area contributed by atoms with E-state index in [9.17, 15) is 14.0 Å². The number of nitrogens with zero attached hydrogens (tertiary/aromatic N) is 1. The summed E-state index contributed by atoms with van der Waals surface area (Å²) in [6, 6.07) is 3.83. The second kappa shape index (κ2) is 4.09. The van der Waals surface area contributed by atoms with Crippen molar-refractivity contribution in [3.63, 3.8) is 0 Å². The molecule has 0 bridgehead atoms. The van der Waals surface area contributed by atoms with Gasteiger partial charge < -0.3 is 4.90 Å². The van der Waals surface area contributed by atoms with Crippen molar-refractivity contribution in [1.82, 2.24) is 5.32 Å². The number of rotatable bonds is 1. The number of imide groups is 1. The topological polar surface area (TPSA) is 49.4 Å². The molecule has 0 aromatic heterocycles. The summed E-state index contributed by atoms with van der Waals surface area (Å²) in [5.41, 5.74) is 0.478. The van der Waals surface area contributed by atoms with Gasteiger partial charge >= 0.3 is 0 Å². The highest BCUT2D eigenvalue weighted by molar-refractivity contribution is 6.33. The third-order valence-corrected chi connectivity index (χ3v) is 2.50. The van der Waals surface area contributed by atoms with Gasteiger partial charge in [-0.1, -0.05) is 11.6 Å². The van der Waals surface area contributed by atoms with Gasteiger partial charge in [0.05, 0.1) is 23.8 Å². The third-order valence-electron chi connectivity index (χ3n) is 2.20. The van der Waals surface area contributed by atoms with Gasteiger partial charge in [0.2, 0.25) is 11.8 Å². The second-order valence-corrected chi connectivity index (χ2v) is 3.83. The molecule has 0 aliphatic carbocycles. The molecule has 1 N–H and O–H groups in total. The van der Waals surface area contributed by atoms with E-state index in [0.29, 0.717) is 5.69 Å². The van der Waals surface area contributed by atoms with Crippen molar-refractivity contribution in [2.45, 2.75) is 0 Å². The number of hydrogen-bond acceptors (Lipinski definition) is 3. The van der Waals surface area contributed by atoms with Crippen LogP contribution in [0.4, 0.5) is 10.1 Å². The number of benzene rings is 1. The van der Waals surface area contributed by atoms with Crippen molar-refractivity contribution in [3.8, 4) is 0 Å². The third kappa shape index (κ3) is 2.14. The highest BCUT2D eigenvalue weighted by Crippen LogP contribution is 2.26. The molecule has 1 heterocycles. The van der Waals surface area contributed by atoms with Gasteiger partial charge in [-0.05, 0) is 18.2 Å². The Hall–Kier alpha value is -1.62. The van der Waals surface area contributed by atoms with Crippen LogP contribution >= 0.6 is 11.6 Å². The Morgan fingerprint density at radius 1 is 1.25 bits per heavy atom. The molecule has 0 spiro atoms. The first kappa shape index (κ1) is 10.9. The van der Waals surface area contributed by atoms with Crippen LogP contribution in [0.15, 0.2) is 18.2 Å². The fourth-order valence-corrected chi connectivity index (χ4v) is 1.83. The summed E-state index contributed by atoms with van der Waals surface area (Å²) in [5.74, 6) is -1.24. The lowest BCUT2D eigenvalue weighted by atomic mass is 10.2. The van der Waals surface area contributed by atoms with E-state index in [1.54, 1.807) is 0 Å². The molecule has 1 saturated heterocycles. The molecule has 0 radical (unpaired) electrons. The molecule has 1 aliphatic rings. The highest BCUT2D eigenvalue weighted by Gasteiger charge is 2.23. The number of piperazine rings is 1. The minimum Gasteiger partial charge on any atom is -0.352 e. The summed E-state index contributed by atoms with van der Waals surface area (Å²) in [7, 11) is 0. The van der Waals surface area contributed by atoms with Crippen LogP contribution in [-0.2, 0) is 9.59 Å². The lowest BCUT2D eigenvalue weighted by Gasteiger charge is -2.28. The summed E-state index contributed by atoms with van der Waals surface area (Å²) in [6.45, 7) is 0.0776. The van der Waals surface area contributed by atoms with Crippen molar-refractivity contribution < 1.29 is 14.0 Å². The maximum atomic E-state index is 12.8. The lowest BCUT2D eigenvalue weighted by Crippen LogP contribution is -2.51. The minimum atomic E-state index is -0.457. The molecule has 16 heavy (non-hydrogen) atoms. The number of hydrogen-bond donors (Lipinski definition) is 1. The molecule has 84 valence electrons. The molecule has 0 atom stereocenters. The molecule has 2 amide bonds. The van der Waals surface area contributed by atoms with Gasteiger partial charge in [0.15, 0.2) is 0 Å². The van der Waals surface area contributed by atoms with Gasteiger partial charge in [-0.3, -0.25) is 14.9 Å². The monoisotopic (exact) mass is 242 g/mol. The van der Waals surface area contributed by atoms with Crippen LogP contribution in [0.5, 0.6) is 0 Å². The molecule has 6 heteroatoms. The number of carbonyl (C=O) groups excluding carboxylic acids is 2. The van der Waals surface area contributed by atoms with E-state index in [-0.39, 0.29) is 18.1 Å². The van der Waals surface area contributed by atoms with E-state index in [1.807, 2.05) is 0 Å². The summed E-state index contributed by atoms with van der Waals surface area (Å²) in [4.78, 5) is 23.8. The number of anilines is 1. The Kier molecular flexibility index (Phi) is 2.78. The summed E-state index contributed by atoms with van der Waals surface area (Å²) in [6.07, 6.45) is 0. The summed E-state index contributed by atoms with van der Waals surface area (Å²) in [5, 5.41) is 2.36. The molecule has 1 aromatic rings. The van der Waals surface area contributed by atoms with E-state index in [2.05, 4.69) is 5.32 Å². The summed E-state index contributed by atoms with van der Waals surface area (Å²) < 4.78 is 12.8. The first-order valence-electron chi connectivity index (χ1n) is 4.59. The number of halogens is 2. The zero-order valence-electron chi connectivity index (χ0n) is 8.17. The maximum Gasteiger partial charge on any atom is 0.246 e. The van der Waals surface area contributed by atoms with Crippen molar-refractivity contribution in [2.24, 2.45) is 0 Å². The van der Waals surface area contributed by atoms with Gasteiger partial charge in [-0.25, -0.2) is 4.39 Å². The largest absolute Gasteiger partial charge is 0.352 e. The number of nitrogens with one attached hydrogen (secondary N) is 1. The zero-order chi connectivity index (χ0) is 11.7. The Balaban J connectivity index is 2.29. The normalized spacial score (nSPS) is 16.2. The average Bonchev–Trinajstić information content (AvgIpc) is 2.15. The highest BCUT2D eigenvalue weighted by atomic mass is 35.5. The molecule has 1 aromatic carbocycles. The molecule has 0 unspecified atom stereocenters. The van der Waals surface area contributed by atoms with Crippen LogP contribution in [0.2, 0.25) is 5.02 Å². The lowest BCUT2D eigenvalue weighted by molar-refractivity contribution is -0.130. The van der Waals surface area contributed by atoms with E-state index in [0.717, 1.165) is 6.07 Å². The van der Waals surface area contributed by atoms with E-state index >= 15 is 0 Å². The Morgan fingerprint density at radius 2 is 1.88 bits per heavy atom. The predicted octanol–water partition coefficient (Wildman–Crippen LogP) is 0.942. The minimum absolute atomic E-state index is 0.0388. The molecule has 4 nitrogen and oxygen atoms in total. The molecular formula is C10H8ClFN2O2. The van der Waals surface area contributed by atoms with Crippen LogP contribution in [0, 0.1) is 5.82 Å². The molecule has 1 aliphatic heterocycles. The number of carbonyl (C=O) groups is 2. The zero-order valence-corrected chi connectivity index (χ0v) is 8.92. The SMILES string of the molecule is O=C1CN(c2ccc(F)cc2Cl)CC(=O)N1. The first-order chi connectivity index (χ1) is 7.56. The van der Waals surface area contributed by atoms with Gasteiger partial charge in [-0.15, -0.1) is 0 Å². The van der Waals surface area contributed by atoms with Crippen LogP contribution in [0.3, 0.4) is 0 Å². The van der Waals surface area contributed by atoms with Gasteiger partial charge in [0, 0.05) is 0 Å². The Morgan fingerprint density at radius 3 is 2.44 bits per heavy atom. The first-order valence-corrected chi connectivity index (χ1v) is 4.97. The molecule has 0 saturated carbocycles. The van der Waals surface area contributed by atoms with Crippen LogP contribution in [0.1, 0.15) is 0 Å². The number of amides is 2. The van der Waals surface area contributed by atoms with Crippen LogP contribution in [0.25, 0.3) is 0 Å². The van der Waals surface area contributed by atoms with E-state index < -0.39 is 17.6 Å². The fraction of sp³-hybridized carbons (Fsp3) is 0.200. The second-order valence-electron chi connectivity index (χ2n) is 3.42. The smallest absolute Gasteiger partial charge is 0.246 e. The Labute approximate surface area is 96.0 Å². The summed E-state index contributed by atoms with van der Waals surface area (Å²) >= 11 is 5.83. The van der Waals surface area contributed by atoms with E-state index in [4.69, 9.17) is 11.6 Å². The van der Waals surface area contributed by atoms with Crippen LogP contribution in [-0.4, -0.2) is 24.9 Å². The van der Waals surface area contributed by atoms with E-state index in [1.165, 1.54) is 17.0 Å². The molecule has 2 rings (SSSR count). The Bertz CT molecular complexity index is 448. The predicted molar refractivity (Wildman–Crippen MR) is 56.8 cm³/mol. The maximum absolute atomic E-state index is 12.8. The standard InChI is InChI=1S/C10H8ClFN2O2/c11-7-3-6(12)1-2-8(7)14-4-9(15)13-10(16)5-14/h1-3H,4-5H2,(H,13,15,16). The van der Waals surface area contributed by atoms with Gasteiger partial charge in [-0.2, -0.15) is 0 Å². The van der Waals surface area contributed by atoms with Crippen LogP contribution < -0.4 is 10.2 Å². The average molecular weight is 243 g/mol. The van der Waals surface area contributed by atoms with Crippen molar-refractivity contribution >= 4 is 29.1 Å². The van der Waals surface area contributed by atoms with Gasteiger partial charge in [0.25, 0.3) is 0 Å².